The minimum Gasteiger partial charge on any atom is -0.497 e. The summed E-state index contributed by atoms with van der Waals surface area (Å²) in [6.07, 6.45) is 5.52. The summed E-state index contributed by atoms with van der Waals surface area (Å²) in [6.45, 7) is 3.54. The molecule has 9 heteroatoms. The first-order chi connectivity index (χ1) is 17.1. The number of sulfonamides is 1. The Balaban J connectivity index is 1.90. The van der Waals surface area contributed by atoms with Crippen LogP contribution in [0.1, 0.15) is 50.2 Å². The summed E-state index contributed by atoms with van der Waals surface area (Å²) in [4.78, 5) is 28.5. The molecule has 3 rings (SSSR count). The van der Waals surface area contributed by atoms with E-state index in [4.69, 9.17) is 4.74 Å². The molecule has 0 aliphatic heterocycles. The number of hydrogen-bond acceptors (Lipinski definition) is 5. The van der Waals surface area contributed by atoms with Gasteiger partial charge >= 0.3 is 0 Å². The molecule has 196 valence electrons. The van der Waals surface area contributed by atoms with Crippen molar-refractivity contribution in [2.75, 3.05) is 24.2 Å². The highest BCUT2D eigenvalue weighted by Crippen LogP contribution is 2.22. The highest BCUT2D eigenvalue weighted by atomic mass is 32.2. The zero-order valence-corrected chi connectivity index (χ0v) is 22.4. The van der Waals surface area contributed by atoms with Crippen LogP contribution in [0.25, 0.3) is 0 Å². The Kier molecular flexibility index (Phi) is 9.37. The van der Waals surface area contributed by atoms with Gasteiger partial charge in [0.15, 0.2) is 0 Å². The van der Waals surface area contributed by atoms with Crippen LogP contribution in [0, 0.1) is 6.92 Å². The molecule has 0 spiro atoms. The molecule has 1 aliphatic carbocycles. The second-order valence-electron chi connectivity index (χ2n) is 9.39. The van der Waals surface area contributed by atoms with Crippen molar-refractivity contribution in [3.8, 4) is 5.75 Å². The maximum Gasteiger partial charge on any atom is 0.244 e. The van der Waals surface area contributed by atoms with Gasteiger partial charge in [0.2, 0.25) is 21.8 Å². The summed E-state index contributed by atoms with van der Waals surface area (Å²) < 4.78 is 31.7. The zero-order chi connectivity index (χ0) is 26.3. The van der Waals surface area contributed by atoms with E-state index in [2.05, 4.69) is 5.32 Å². The number of ether oxygens (including phenoxy) is 1. The molecule has 0 saturated heterocycles. The molecule has 0 bridgehead atoms. The van der Waals surface area contributed by atoms with Crippen LogP contribution >= 0.6 is 0 Å². The van der Waals surface area contributed by atoms with Crippen LogP contribution in [-0.2, 0) is 26.2 Å². The lowest BCUT2D eigenvalue weighted by Crippen LogP contribution is -2.53. The van der Waals surface area contributed by atoms with Gasteiger partial charge in [-0.2, -0.15) is 0 Å². The molecule has 36 heavy (non-hydrogen) atoms. The molecule has 0 aromatic heterocycles. The normalized spacial score (nSPS) is 14.8. The predicted molar refractivity (Wildman–Crippen MR) is 141 cm³/mol. The molecule has 2 aromatic carbocycles. The third kappa shape index (κ3) is 7.22. The van der Waals surface area contributed by atoms with Gasteiger partial charge in [0, 0.05) is 12.6 Å². The van der Waals surface area contributed by atoms with E-state index in [-0.39, 0.29) is 18.5 Å². The van der Waals surface area contributed by atoms with E-state index in [1.54, 1.807) is 43.5 Å². The number of carbonyl (C=O) groups is 2. The average Bonchev–Trinajstić information content (AvgIpc) is 3.35. The number of benzene rings is 2. The first kappa shape index (κ1) is 27.5. The van der Waals surface area contributed by atoms with Gasteiger partial charge in [-0.05, 0) is 56.0 Å². The molecular formula is C27H37N3O5S. The number of nitrogens with zero attached hydrogens (tertiary/aromatic N) is 2. The van der Waals surface area contributed by atoms with Crippen molar-refractivity contribution < 1.29 is 22.7 Å². The fraction of sp³-hybridized carbons (Fsp3) is 0.481. The van der Waals surface area contributed by atoms with Crippen LogP contribution in [-0.4, -0.2) is 57.1 Å². The summed E-state index contributed by atoms with van der Waals surface area (Å²) in [5.41, 5.74) is 2.20. The number of amides is 2. The summed E-state index contributed by atoms with van der Waals surface area (Å²) in [7, 11) is -2.16. The van der Waals surface area contributed by atoms with E-state index in [0.29, 0.717) is 17.9 Å². The number of anilines is 1. The summed E-state index contributed by atoms with van der Waals surface area (Å²) >= 11 is 0. The van der Waals surface area contributed by atoms with Crippen LogP contribution in [0.5, 0.6) is 5.75 Å². The van der Waals surface area contributed by atoms with E-state index in [1.165, 1.54) is 4.90 Å². The number of carbonyl (C=O) groups excluding carboxylic acids is 2. The Hall–Kier alpha value is -3.07. The van der Waals surface area contributed by atoms with Crippen molar-refractivity contribution in [3.05, 3.63) is 59.7 Å². The van der Waals surface area contributed by atoms with Gasteiger partial charge in [0.25, 0.3) is 0 Å². The Morgan fingerprint density at radius 2 is 1.67 bits per heavy atom. The van der Waals surface area contributed by atoms with Gasteiger partial charge in [-0.15, -0.1) is 0 Å². The Bertz CT molecular complexity index is 1130. The van der Waals surface area contributed by atoms with E-state index >= 15 is 0 Å². The summed E-state index contributed by atoms with van der Waals surface area (Å²) in [6, 6.07) is 13.6. The van der Waals surface area contributed by atoms with Gasteiger partial charge in [0.05, 0.1) is 19.1 Å². The van der Waals surface area contributed by atoms with Gasteiger partial charge < -0.3 is 15.0 Å². The Morgan fingerprint density at radius 1 is 1.06 bits per heavy atom. The van der Waals surface area contributed by atoms with Gasteiger partial charge in [-0.3, -0.25) is 13.9 Å². The molecule has 1 atom stereocenters. The number of rotatable bonds is 11. The zero-order valence-electron chi connectivity index (χ0n) is 21.6. The lowest BCUT2D eigenvalue weighted by atomic mass is 10.1. The molecule has 1 N–H and O–H groups in total. The fourth-order valence-corrected chi connectivity index (χ4v) is 5.39. The summed E-state index contributed by atoms with van der Waals surface area (Å²) in [5.74, 6) is 0.0445. The molecule has 0 radical (unpaired) electrons. The maximum atomic E-state index is 13.7. The van der Waals surface area contributed by atoms with Crippen LogP contribution in [0.3, 0.4) is 0 Å². The summed E-state index contributed by atoms with van der Waals surface area (Å²) in [5, 5.41) is 3.11. The number of hydrogen-bond donors (Lipinski definition) is 1. The Morgan fingerprint density at radius 3 is 2.19 bits per heavy atom. The topological polar surface area (TPSA) is 96.0 Å². The number of nitrogens with one attached hydrogen (secondary N) is 1. The van der Waals surface area contributed by atoms with Crippen molar-refractivity contribution >= 4 is 27.5 Å². The second kappa shape index (κ2) is 12.3. The van der Waals surface area contributed by atoms with Crippen LogP contribution in [0.4, 0.5) is 5.69 Å². The van der Waals surface area contributed by atoms with Crippen molar-refractivity contribution in [3.63, 3.8) is 0 Å². The molecule has 0 heterocycles. The molecule has 1 fully saturated rings. The van der Waals surface area contributed by atoms with Crippen molar-refractivity contribution in [2.24, 2.45) is 0 Å². The van der Waals surface area contributed by atoms with E-state index < -0.39 is 28.5 Å². The van der Waals surface area contributed by atoms with Crippen LogP contribution in [0.15, 0.2) is 48.5 Å². The van der Waals surface area contributed by atoms with Gasteiger partial charge in [-0.25, -0.2) is 8.42 Å². The quantitative estimate of drug-likeness (QED) is 0.493. The van der Waals surface area contributed by atoms with E-state index in [1.807, 2.05) is 26.0 Å². The standard InChI is InChI=1S/C27H37N3O5S/c1-5-25(27(32)28-22-8-6-7-9-22)29(18-21-12-16-24(35-3)17-13-21)26(31)19-30(36(4,33)34)23-14-10-20(2)11-15-23/h10-17,22,25H,5-9,18-19H2,1-4H3,(H,28,32)/t25-/m1/s1. The Labute approximate surface area is 214 Å². The first-order valence-electron chi connectivity index (χ1n) is 12.4. The van der Waals surface area contributed by atoms with Gasteiger partial charge in [-0.1, -0.05) is 49.6 Å². The highest BCUT2D eigenvalue weighted by molar-refractivity contribution is 7.92. The number of methoxy groups -OCH3 is 1. The smallest absolute Gasteiger partial charge is 0.244 e. The molecule has 1 aliphatic rings. The molecule has 8 nitrogen and oxygen atoms in total. The van der Waals surface area contributed by atoms with Crippen molar-refractivity contribution in [2.45, 2.75) is 64.6 Å². The molecular weight excluding hydrogens is 478 g/mol. The minimum absolute atomic E-state index is 0.115. The number of aryl methyl sites for hydroxylation is 1. The predicted octanol–water partition coefficient (Wildman–Crippen LogP) is 3.64. The minimum atomic E-state index is -3.74. The molecule has 2 amide bonds. The highest BCUT2D eigenvalue weighted by Gasteiger charge is 2.33. The van der Waals surface area contributed by atoms with E-state index in [9.17, 15) is 18.0 Å². The average molecular weight is 516 g/mol. The first-order valence-corrected chi connectivity index (χ1v) is 14.2. The van der Waals surface area contributed by atoms with Crippen molar-refractivity contribution in [1.82, 2.24) is 10.2 Å². The molecule has 2 aromatic rings. The third-order valence-electron chi connectivity index (χ3n) is 6.60. The lowest BCUT2D eigenvalue weighted by Gasteiger charge is -2.33. The monoisotopic (exact) mass is 515 g/mol. The maximum absolute atomic E-state index is 13.7. The fourth-order valence-electron chi connectivity index (χ4n) is 4.54. The lowest BCUT2D eigenvalue weighted by molar-refractivity contribution is -0.140. The van der Waals surface area contributed by atoms with Crippen LogP contribution < -0.4 is 14.4 Å². The molecule has 0 unspecified atom stereocenters. The van der Waals surface area contributed by atoms with Crippen molar-refractivity contribution in [1.29, 1.82) is 0 Å². The van der Waals surface area contributed by atoms with Crippen LogP contribution in [0.2, 0.25) is 0 Å². The second-order valence-corrected chi connectivity index (χ2v) is 11.3. The molecule has 1 saturated carbocycles. The van der Waals surface area contributed by atoms with Gasteiger partial charge in [0.1, 0.15) is 18.3 Å². The van der Waals surface area contributed by atoms with E-state index in [0.717, 1.165) is 47.4 Å². The third-order valence-corrected chi connectivity index (χ3v) is 7.74. The largest absolute Gasteiger partial charge is 0.497 e. The SMILES string of the molecule is CC[C@H](C(=O)NC1CCCC1)N(Cc1ccc(OC)cc1)C(=O)CN(c1ccc(C)cc1)S(C)(=O)=O.